The van der Waals surface area contributed by atoms with Crippen molar-refractivity contribution < 1.29 is 18.4 Å². The zero-order valence-electron chi connectivity index (χ0n) is 15.8. The molecule has 1 saturated heterocycles. The molecular formula is C21H20F2N2O2S. The van der Waals surface area contributed by atoms with Gasteiger partial charge in [0.05, 0.1) is 5.69 Å². The summed E-state index contributed by atoms with van der Waals surface area (Å²) in [6.07, 6.45) is 0. The standard InChI is InChI=1S/C21H20F2N2O2S/c1-4-24-17-9-8-15(23)11-16(17)21(19(24)27)25(12-20(2,3)28-21)18(26)13-6-5-7-14(22)10-13/h5-11H,4,12H2,1-3H3/t21-/m1/s1. The topological polar surface area (TPSA) is 40.6 Å². The predicted molar refractivity (Wildman–Crippen MR) is 105 cm³/mol. The van der Waals surface area contributed by atoms with Gasteiger partial charge in [0.15, 0.2) is 4.87 Å². The van der Waals surface area contributed by atoms with Gasteiger partial charge in [0.25, 0.3) is 11.8 Å². The second-order valence-electron chi connectivity index (χ2n) is 7.62. The van der Waals surface area contributed by atoms with Crippen LogP contribution in [0.4, 0.5) is 14.5 Å². The average Bonchev–Trinajstić information content (AvgIpc) is 3.06. The molecule has 0 radical (unpaired) electrons. The van der Waals surface area contributed by atoms with Gasteiger partial charge in [-0.1, -0.05) is 6.07 Å². The second kappa shape index (κ2) is 6.30. The van der Waals surface area contributed by atoms with Crippen LogP contribution in [0.2, 0.25) is 0 Å². The van der Waals surface area contributed by atoms with E-state index in [9.17, 15) is 18.4 Å². The molecule has 146 valence electrons. The van der Waals surface area contributed by atoms with Crippen molar-refractivity contribution in [3.63, 3.8) is 0 Å². The summed E-state index contributed by atoms with van der Waals surface area (Å²) in [4.78, 5) is 28.6. The normalized spacial score (nSPS) is 22.8. The van der Waals surface area contributed by atoms with Crippen molar-refractivity contribution in [3.8, 4) is 0 Å². The number of thioether (sulfide) groups is 1. The summed E-state index contributed by atoms with van der Waals surface area (Å²) in [5, 5.41) is 0. The second-order valence-corrected chi connectivity index (χ2v) is 9.52. The number of hydrogen-bond donors (Lipinski definition) is 0. The summed E-state index contributed by atoms with van der Waals surface area (Å²) in [5.41, 5.74) is 1.24. The van der Waals surface area contributed by atoms with Gasteiger partial charge in [0.1, 0.15) is 11.6 Å². The lowest BCUT2D eigenvalue weighted by Crippen LogP contribution is -2.50. The van der Waals surface area contributed by atoms with Crippen LogP contribution in [0.3, 0.4) is 0 Å². The first-order valence-electron chi connectivity index (χ1n) is 9.09. The number of carbonyl (C=O) groups is 2. The van der Waals surface area contributed by atoms with Crippen LogP contribution in [0.15, 0.2) is 42.5 Å². The van der Waals surface area contributed by atoms with Gasteiger partial charge in [0, 0.05) is 29.0 Å². The first kappa shape index (κ1) is 18.9. The number of anilines is 1. The highest BCUT2D eigenvalue weighted by Crippen LogP contribution is 2.59. The van der Waals surface area contributed by atoms with Gasteiger partial charge in [0.2, 0.25) is 0 Å². The van der Waals surface area contributed by atoms with E-state index in [2.05, 4.69) is 0 Å². The van der Waals surface area contributed by atoms with Crippen LogP contribution in [0.1, 0.15) is 36.7 Å². The fourth-order valence-corrected chi connectivity index (χ4v) is 5.79. The van der Waals surface area contributed by atoms with Crippen LogP contribution in [-0.2, 0) is 9.67 Å². The number of halogens is 2. The molecule has 2 heterocycles. The third-order valence-electron chi connectivity index (χ3n) is 5.13. The lowest BCUT2D eigenvalue weighted by atomic mass is 10.0. The molecule has 2 aliphatic heterocycles. The minimum atomic E-state index is -1.36. The molecule has 1 fully saturated rings. The number of carbonyl (C=O) groups excluding carboxylic acids is 2. The number of benzene rings is 2. The third kappa shape index (κ3) is 2.64. The number of rotatable bonds is 2. The van der Waals surface area contributed by atoms with Gasteiger partial charge in [-0.05, 0) is 57.2 Å². The lowest BCUT2D eigenvalue weighted by molar-refractivity contribution is -0.123. The quantitative estimate of drug-likeness (QED) is 0.758. The Kier molecular flexibility index (Phi) is 4.26. The molecule has 28 heavy (non-hydrogen) atoms. The summed E-state index contributed by atoms with van der Waals surface area (Å²) in [6, 6.07) is 9.65. The summed E-state index contributed by atoms with van der Waals surface area (Å²) in [6.45, 7) is 6.42. The maximum absolute atomic E-state index is 14.2. The largest absolute Gasteiger partial charge is 0.310 e. The Bertz CT molecular complexity index is 994. The lowest BCUT2D eigenvalue weighted by Gasteiger charge is -2.33. The number of hydrogen-bond acceptors (Lipinski definition) is 3. The van der Waals surface area contributed by atoms with Crippen molar-refractivity contribution >= 4 is 29.3 Å². The van der Waals surface area contributed by atoms with E-state index in [0.29, 0.717) is 17.8 Å². The molecule has 0 unspecified atom stereocenters. The molecule has 2 aliphatic rings. The highest BCUT2D eigenvalue weighted by molar-refractivity contribution is 8.02. The predicted octanol–water partition coefficient (Wildman–Crippen LogP) is 4.15. The Labute approximate surface area is 166 Å². The molecule has 0 aromatic heterocycles. The van der Waals surface area contributed by atoms with Crippen LogP contribution < -0.4 is 4.90 Å². The maximum Gasteiger partial charge on any atom is 0.268 e. The third-order valence-corrected chi connectivity index (χ3v) is 6.72. The zero-order valence-corrected chi connectivity index (χ0v) is 16.6. The van der Waals surface area contributed by atoms with Gasteiger partial charge >= 0.3 is 0 Å². The summed E-state index contributed by atoms with van der Waals surface area (Å²) >= 11 is 1.35. The van der Waals surface area contributed by atoms with Crippen LogP contribution in [-0.4, -0.2) is 34.6 Å². The van der Waals surface area contributed by atoms with Crippen molar-refractivity contribution in [2.24, 2.45) is 0 Å². The van der Waals surface area contributed by atoms with E-state index in [1.807, 2.05) is 20.8 Å². The zero-order chi connectivity index (χ0) is 20.3. The molecule has 2 amide bonds. The van der Waals surface area contributed by atoms with E-state index in [-0.39, 0.29) is 18.0 Å². The van der Waals surface area contributed by atoms with Gasteiger partial charge in [-0.2, -0.15) is 0 Å². The molecule has 4 rings (SSSR count). The van der Waals surface area contributed by atoms with Crippen LogP contribution >= 0.6 is 11.8 Å². The van der Waals surface area contributed by atoms with Crippen molar-refractivity contribution in [1.29, 1.82) is 0 Å². The van der Waals surface area contributed by atoms with Gasteiger partial charge in [-0.15, -0.1) is 11.8 Å². The molecule has 7 heteroatoms. The molecular weight excluding hydrogens is 382 g/mol. The number of nitrogens with zero attached hydrogens (tertiary/aromatic N) is 2. The molecule has 0 aliphatic carbocycles. The fraction of sp³-hybridized carbons (Fsp3) is 0.333. The summed E-state index contributed by atoms with van der Waals surface area (Å²) < 4.78 is 27.4. The average molecular weight is 402 g/mol. The van der Waals surface area contributed by atoms with E-state index in [1.165, 1.54) is 47.0 Å². The minimum Gasteiger partial charge on any atom is -0.310 e. The smallest absolute Gasteiger partial charge is 0.268 e. The van der Waals surface area contributed by atoms with E-state index < -0.39 is 27.2 Å². The molecule has 2 aromatic rings. The van der Waals surface area contributed by atoms with Crippen LogP contribution in [0.25, 0.3) is 0 Å². The summed E-state index contributed by atoms with van der Waals surface area (Å²) in [5.74, 6) is -1.70. The highest BCUT2D eigenvalue weighted by atomic mass is 32.2. The summed E-state index contributed by atoms with van der Waals surface area (Å²) in [7, 11) is 0. The number of likely N-dealkylation sites (N-methyl/N-ethyl adjacent to an activating group) is 1. The van der Waals surface area contributed by atoms with Gasteiger partial charge < -0.3 is 9.80 Å². The number of amides is 2. The Balaban J connectivity index is 1.92. The van der Waals surface area contributed by atoms with E-state index >= 15 is 0 Å². The Hall–Kier alpha value is -2.41. The van der Waals surface area contributed by atoms with E-state index in [0.717, 1.165) is 6.07 Å². The van der Waals surface area contributed by atoms with Gasteiger partial charge in [-0.3, -0.25) is 9.59 Å². The minimum absolute atomic E-state index is 0.165. The Morgan fingerprint density at radius 2 is 1.86 bits per heavy atom. The molecule has 2 aromatic carbocycles. The van der Waals surface area contributed by atoms with E-state index in [4.69, 9.17) is 0 Å². The molecule has 4 nitrogen and oxygen atoms in total. The van der Waals surface area contributed by atoms with Crippen molar-refractivity contribution in [2.45, 2.75) is 30.4 Å². The Morgan fingerprint density at radius 1 is 1.14 bits per heavy atom. The molecule has 0 N–H and O–H groups in total. The number of fused-ring (bicyclic) bond motifs is 2. The van der Waals surface area contributed by atoms with Crippen LogP contribution in [0.5, 0.6) is 0 Å². The van der Waals surface area contributed by atoms with E-state index in [1.54, 1.807) is 11.0 Å². The van der Waals surface area contributed by atoms with Gasteiger partial charge in [-0.25, -0.2) is 8.78 Å². The van der Waals surface area contributed by atoms with Crippen molar-refractivity contribution in [2.75, 3.05) is 18.0 Å². The maximum atomic E-state index is 14.2. The fourth-order valence-electron chi connectivity index (χ4n) is 4.07. The molecule has 1 atom stereocenters. The van der Waals surface area contributed by atoms with Crippen molar-refractivity contribution in [1.82, 2.24) is 4.90 Å². The van der Waals surface area contributed by atoms with Crippen molar-refractivity contribution in [3.05, 3.63) is 65.2 Å². The first-order chi connectivity index (χ1) is 13.2. The monoisotopic (exact) mass is 402 g/mol. The SMILES string of the molecule is CCN1C(=O)[C@]2(SC(C)(C)CN2C(=O)c2cccc(F)c2)c2cc(F)ccc21. The molecule has 1 spiro atoms. The first-order valence-corrected chi connectivity index (χ1v) is 9.91. The van der Waals surface area contributed by atoms with Crippen LogP contribution in [0, 0.1) is 11.6 Å². The molecule has 0 bridgehead atoms. The Morgan fingerprint density at radius 3 is 2.54 bits per heavy atom. The highest BCUT2D eigenvalue weighted by Gasteiger charge is 2.63. The molecule has 0 saturated carbocycles.